The number of nitrogens with zero attached hydrogens (tertiary/aromatic N) is 1. The Balaban J connectivity index is 1.34. The van der Waals surface area contributed by atoms with E-state index in [4.69, 9.17) is 0 Å². The topological polar surface area (TPSA) is 78.5 Å². The minimum Gasteiger partial charge on any atom is -0.338 e. The third-order valence-corrected chi connectivity index (χ3v) is 4.86. The van der Waals surface area contributed by atoms with Crippen LogP contribution in [0.2, 0.25) is 0 Å². The van der Waals surface area contributed by atoms with Crippen LogP contribution in [0.15, 0.2) is 53.0 Å². The lowest BCUT2D eigenvalue weighted by Gasteiger charge is -2.14. The van der Waals surface area contributed by atoms with E-state index in [0.29, 0.717) is 30.6 Å². The van der Waals surface area contributed by atoms with E-state index in [1.807, 2.05) is 24.3 Å². The van der Waals surface area contributed by atoms with Gasteiger partial charge in [-0.2, -0.15) is 0 Å². The second-order valence-electron chi connectivity index (χ2n) is 6.22. The van der Waals surface area contributed by atoms with Gasteiger partial charge in [0.25, 0.3) is 11.8 Å². The molecule has 0 saturated carbocycles. The molecule has 1 aliphatic heterocycles. The fourth-order valence-electron chi connectivity index (χ4n) is 2.92. The fourth-order valence-corrected chi connectivity index (χ4v) is 3.18. The summed E-state index contributed by atoms with van der Waals surface area (Å²) >= 11 is 3.39. The fraction of sp³-hybridized carbons (Fsp3) is 0.250. The van der Waals surface area contributed by atoms with E-state index in [-0.39, 0.29) is 24.4 Å². The van der Waals surface area contributed by atoms with Crippen LogP contribution in [-0.4, -0.2) is 42.4 Å². The van der Waals surface area contributed by atoms with E-state index >= 15 is 0 Å². The first kappa shape index (κ1) is 19.1. The molecule has 3 rings (SSSR count). The minimum atomic E-state index is -0.269. The van der Waals surface area contributed by atoms with Crippen molar-refractivity contribution in [2.24, 2.45) is 0 Å². The molecule has 1 heterocycles. The maximum Gasteiger partial charge on any atom is 0.314 e. The largest absolute Gasteiger partial charge is 0.338 e. The predicted octanol–water partition coefficient (Wildman–Crippen LogP) is 2.98. The first-order valence-electron chi connectivity index (χ1n) is 8.77. The Morgan fingerprint density at radius 1 is 0.889 bits per heavy atom. The molecule has 2 aromatic rings. The average Bonchev–Trinajstić information content (AvgIpc) is 2.92. The molecule has 1 aliphatic rings. The Labute approximate surface area is 166 Å². The summed E-state index contributed by atoms with van der Waals surface area (Å²) in [6, 6.07) is 14.5. The van der Waals surface area contributed by atoms with Crippen LogP contribution in [0.5, 0.6) is 0 Å². The minimum absolute atomic E-state index is 0.255. The van der Waals surface area contributed by atoms with Gasteiger partial charge < -0.3 is 10.6 Å². The number of hydrogen-bond donors (Lipinski definition) is 2. The number of rotatable bonds is 7. The molecule has 2 N–H and O–H groups in total. The van der Waals surface area contributed by atoms with E-state index in [9.17, 15) is 14.4 Å². The van der Waals surface area contributed by atoms with Crippen molar-refractivity contribution in [3.63, 3.8) is 0 Å². The summed E-state index contributed by atoms with van der Waals surface area (Å²) in [5.74, 6) is -0.538. The normalized spacial score (nSPS) is 12.9. The van der Waals surface area contributed by atoms with Crippen LogP contribution in [-0.2, 0) is 6.42 Å². The summed E-state index contributed by atoms with van der Waals surface area (Å²) in [5, 5.41) is 5.54. The van der Waals surface area contributed by atoms with Crippen molar-refractivity contribution in [1.29, 1.82) is 0 Å². The molecule has 0 bridgehead atoms. The number of fused-ring (bicyclic) bond motifs is 1. The highest BCUT2D eigenvalue weighted by Crippen LogP contribution is 2.22. The van der Waals surface area contributed by atoms with Gasteiger partial charge >= 0.3 is 6.03 Å². The molecule has 0 aliphatic carbocycles. The maximum atomic E-state index is 12.2. The van der Waals surface area contributed by atoms with Crippen LogP contribution in [0.3, 0.4) is 0 Å². The molecule has 6 nitrogen and oxygen atoms in total. The van der Waals surface area contributed by atoms with Crippen LogP contribution < -0.4 is 10.6 Å². The van der Waals surface area contributed by atoms with Crippen molar-refractivity contribution in [1.82, 2.24) is 15.5 Å². The number of amides is 4. The third kappa shape index (κ3) is 4.74. The zero-order valence-electron chi connectivity index (χ0n) is 14.7. The lowest BCUT2D eigenvalue weighted by molar-refractivity contribution is 0.0653. The molecular weight excluding hydrogens is 410 g/mol. The summed E-state index contributed by atoms with van der Waals surface area (Å²) in [6.45, 7) is 1.20. The highest BCUT2D eigenvalue weighted by molar-refractivity contribution is 9.10. The number of carbonyl (C=O) groups is 3. The van der Waals surface area contributed by atoms with Crippen LogP contribution >= 0.6 is 15.9 Å². The monoisotopic (exact) mass is 429 g/mol. The van der Waals surface area contributed by atoms with Crippen LogP contribution in [0.4, 0.5) is 4.79 Å². The lowest BCUT2D eigenvalue weighted by Crippen LogP contribution is -2.38. The van der Waals surface area contributed by atoms with E-state index < -0.39 is 0 Å². The van der Waals surface area contributed by atoms with E-state index in [1.54, 1.807) is 24.3 Å². The Kier molecular flexibility index (Phi) is 6.24. The second kappa shape index (κ2) is 8.81. The Morgan fingerprint density at radius 2 is 1.48 bits per heavy atom. The molecule has 4 amide bonds. The number of nitrogens with one attached hydrogen (secondary N) is 2. The van der Waals surface area contributed by atoms with E-state index in [2.05, 4.69) is 26.6 Å². The van der Waals surface area contributed by atoms with Crippen LogP contribution in [0.1, 0.15) is 32.7 Å². The van der Waals surface area contributed by atoms with Gasteiger partial charge in [0.1, 0.15) is 0 Å². The number of imide groups is 1. The van der Waals surface area contributed by atoms with E-state index in [0.717, 1.165) is 16.5 Å². The first-order valence-corrected chi connectivity index (χ1v) is 9.57. The molecule has 7 heteroatoms. The molecule has 0 atom stereocenters. The van der Waals surface area contributed by atoms with Gasteiger partial charge in [-0.3, -0.25) is 14.5 Å². The van der Waals surface area contributed by atoms with Crippen LogP contribution in [0, 0.1) is 0 Å². The second-order valence-corrected chi connectivity index (χ2v) is 7.14. The highest BCUT2D eigenvalue weighted by atomic mass is 79.9. The summed E-state index contributed by atoms with van der Waals surface area (Å²) in [6.07, 6.45) is 1.25. The van der Waals surface area contributed by atoms with Gasteiger partial charge in [-0.25, -0.2) is 4.79 Å². The van der Waals surface area contributed by atoms with Crippen molar-refractivity contribution < 1.29 is 14.4 Å². The van der Waals surface area contributed by atoms with Gasteiger partial charge in [-0.05, 0) is 42.7 Å². The smallest absolute Gasteiger partial charge is 0.314 e. The number of urea groups is 1. The average molecular weight is 430 g/mol. The molecule has 0 saturated heterocycles. The third-order valence-electron chi connectivity index (χ3n) is 4.33. The van der Waals surface area contributed by atoms with Gasteiger partial charge in [-0.15, -0.1) is 0 Å². The van der Waals surface area contributed by atoms with Crippen molar-refractivity contribution in [3.8, 4) is 0 Å². The number of benzene rings is 2. The van der Waals surface area contributed by atoms with Gasteiger partial charge in [0.15, 0.2) is 0 Å². The predicted molar refractivity (Wildman–Crippen MR) is 106 cm³/mol. The summed E-state index contributed by atoms with van der Waals surface area (Å²) < 4.78 is 1.02. The van der Waals surface area contributed by atoms with Crippen molar-refractivity contribution in [2.75, 3.05) is 19.6 Å². The SMILES string of the molecule is O=C(NCCCN1C(=O)c2ccccc2C1=O)NCCc1ccc(Br)cc1. The molecule has 2 aromatic carbocycles. The van der Waals surface area contributed by atoms with E-state index in [1.165, 1.54) is 4.90 Å². The van der Waals surface area contributed by atoms with Crippen molar-refractivity contribution in [3.05, 3.63) is 69.7 Å². The maximum absolute atomic E-state index is 12.2. The number of halogens is 1. The summed E-state index contributed by atoms with van der Waals surface area (Å²) in [5.41, 5.74) is 2.03. The Morgan fingerprint density at radius 3 is 2.11 bits per heavy atom. The van der Waals surface area contributed by atoms with Gasteiger partial charge in [0.2, 0.25) is 0 Å². The Hall–Kier alpha value is -2.67. The summed E-state index contributed by atoms with van der Waals surface area (Å²) in [4.78, 5) is 37.5. The van der Waals surface area contributed by atoms with Crippen LogP contribution in [0.25, 0.3) is 0 Å². The zero-order valence-corrected chi connectivity index (χ0v) is 16.3. The summed E-state index contributed by atoms with van der Waals surface area (Å²) in [7, 11) is 0. The van der Waals surface area contributed by atoms with Crippen molar-refractivity contribution in [2.45, 2.75) is 12.8 Å². The first-order chi connectivity index (χ1) is 13.1. The van der Waals surface area contributed by atoms with Gasteiger partial charge in [0.05, 0.1) is 11.1 Å². The zero-order chi connectivity index (χ0) is 19.2. The van der Waals surface area contributed by atoms with Gasteiger partial charge in [-0.1, -0.05) is 40.2 Å². The molecule has 0 aromatic heterocycles. The van der Waals surface area contributed by atoms with Gasteiger partial charge in [0, 0.05) is 24.1 Å². The molecule has 0 radical (unpaired) electrons. The lowest BCUT2D eigenvalue weighted by atomic mass is 10.1. The molecule has 140 valence electrons. The highest BCUT2D eigenvalue weighted by Gasteiger charge is 2.34. The van der Waals surface area contributed by atoms with Crippen molar-refractivity contribution >= 4 is 33.8 Å². The quantitative estimate of drug-likeness (QED) is 0.524. The molecule has 0 spiro atoms. The molecule has 27 heavy (non-hydrogen) atoms. The molecule has 0 unspecified atom stereocenters. The number of hydrogen-bond acceptors (Lipinski definition) is 3. The molecule has 0 fully saturated rings. The standard InChI is InChI=1S/C20H20BrN3O3/c21-15-8-6-14(7-9-15)10-12-23-20(27)22-11-3-13-24-18(25)16-4-1-2-5-17(16)19(24)26/h1-2,4-9H,3,10-13H2,(H2,22,23,27). The Bertz CT molecular complexity index is 817. The number of carbonyl (C=O) groups excluding carboxylic acids is 3. The molecular formula is C20H20BrN3O3.